The van der Waals surface area contributed by atoms with E-state index in [-0.39, 0.29) is 11.4 Å². The maximum Gasteiger partial charge on any atom is 0.278 e. The van der Waals surface area contributed by atoms with E-state index >= 15 is 0 Å². The van der Waals surface area contributed by atoms with Gasteiger partial charge in [0.1, 0.15) is 5.75 Å². The molecular weight excluding hydrogens is 228 g/mol. The number of nitrogens with zero attached hydrogens (tertiary/aromatic N) is 1. The standard InChI is InChI=1S/C11H9ClN2O2/c12-7-5-8(13)11(16)14(6-7)9-3-1-2-4-10(9)15/h1-6,15H,13H2. The lowest BCUT2D eigenvalue weighted by Gasteiger charge is -2.08. The zero-order chi connectivity index (χ0) is 11.7. The van der Waals surface area contributed by atoms with Crippen molar-refractivity contribution >= 4 is 17.3 Å². The molecular formula is C11H9ClN2O2. The molecule has 0 spiro atoms. The highest BCUT2D eigenvalue weighted by atomic mass is 35.5. The van der Waals surface area contributed by atoms with Crippen LogP contribution in [-0.2, 0) is 0 Å². The van der Waals surface area contributed by atoms with Crippen molar-refractivity contribution in [1.82, 2.24) is 4.57 Å². The maximum absolute atomic E-state index is 11.7. The zero-order valence-corrected chi connectivity index (χ0v) is 8.98. The van der Waals surface area contributed by atoms with E-state index in [1.54, 1.807) is 18.2 Å². The number of para-hydroxylation sites is 2. The average Bonchev–Trinajstić information content (AvgIpc) is 2.24. The van der Waals surface area contributed by atoms with Gasteiger partial charge in [0.2, 0.25) is 0 Å². The van der Waals surface area contributed by atoms with Gasteiger partial charge in [-0.25, -0.2) is 0 Å². The van der Waals surface area contributed by atoms with Crippen LogP contribution < -0.4 is 11.3 Å². The molecule has 2 aromatic rings. The molecule has 1 aromatic carbocycles. The van der Waals surface area contributed by atoms with Crippen LogP contribution in [0.25, 0.3) is 5.69 Å². The molecule has 0 saturated heterocycles. The fourth-order valence-corrected chi connectivity index (χ4v) is 1.63. The number of phenols is 1. The third-order valence-corrected chi connectivity index (χ3v) is 2.36. The minimum absolute atomic E-state index is 0.00809. The molecule has 0 bridgehead atoms. The maximum atomic E-state index is 11.7. The number of aromatic nitrogens is 1. The van der Waals surface area contributed by atoms with Gasteiger partial charge in [-0.15, -0.1) is 0 Å². The van der Waals surface area contributed by atoms with Crippen LogP contribution in [0.15, 0.2) is 41.3 Å². The molecule has 0 aliphatic heterocycles. The van der Waals surface area contributed by atoms with E-state index in [1.165, 1.54) is 22.9 Å². The molecule has 0 radical (unpaired) electrons. The van der Waals surface area contributed by atoms with E-state index in [1.807, 2.05) is 0 Å². The van der Waals surface area contributed by atoms with Crippen LogP contribution in [0.2, 0.25) is 5.02 Å². The lowest BCUT2D eigenvalue weighted by atomic mass is 10.3. The molecule has 82 valence electrons. The number of anilines is 1. The van der Waals surface area contributed by atoms with Crippen molar-refractivity contribution in [3.63, 3.8) is 0 Å². The van der Waals surface area contributed by atoms with Gasteiger partial charge >= 0.3 is 0 Å². The first-order valence-corrected chi connectivity index (χ1v) is 4.93. The predicted octanol–water partition coefficient (Wildman–Crippen LogP) is 1.78. The number of phenolic OH excluding ortho intramolecular Hbond substituents is 1. The van der Waals surface area contributed by atoms with Crippen LogP contribution in [0.4, 0.5) is 5.69 Å². The second kappa shape index (κ2) is 3.90. The summed E-state index contributed by atoms with van der Waals surface area (Å²) < 4.78 is 1.22. The average molecular weight is 237 g/mol. The van der Waals surface area contributed by atoms with E-state index < -0.39 is 5.56 Å². The Morgan fingerprint density at radius 2 is 2.00 bits per heavy atom. The molecule has 1 aromatic heterocycles. The quantitative estimate of drug-likeness (QED) is 0.793. The largest absolute Gasteiger partial charge is 0.506 e. The molecule has 4 nitrogen and oxygen atoms in total. The van der Waals surface area contributed by atoms with Gasteiger partial charge in [-0.2, -0.15) is 0 Å². The highest BCUT2D eigenvalue weighted by Gasteiger charge is 2.07. The second-order valence-corrected chi connectivity index (χ2v) is 3.71. The third-order valence-electron chi connectivity index (χ3n) is 2.15. The summed E-state index contributed by atoms with van der Waals surface area (Å²) in [7, 11) is 0. The lowest BCUT2D eigenvalue weighted by molar-refractivity contribution is 0.472. The van der Waals surface area contributed by atoms with Gasteiger partial charge in [-0.05, 0) is 18.2 Å². The molecule has 0 amide bonds. The summed E-state index contributed by atoms with van der Waals surface area (Å²) in [5, 5.41) is 9.96. The molecule has 0 atom stereocenters. The molecule has 2 rings (SSSR count). The fraction of sp³-hybridized carbons (Fsp3) is 0. The van der Waals surface area contributed by atoms with Gasteiger partial charge < -0.3 is 10.8 Å². The summed E-state index contributed by atoms with van der Waals surface area (Å²) in [6.45, 7) is 0. The Balaban J connectivity index is 2.75. The Morgan fingerprint density at radius 3 is 2.69 bits per heavy atom. The molecule has 0 aliphatic carbocycles. The van der Waals surface area contributed by atoms with E-state index in [9.17, 15) is 9.90 Å². The van der Waals surface area contributed by atoms with Crippen molar-refractivity contribution < 1.29 is 5.11 Å². The number of hydrogen-bond donors (Lipinski definition) is 2. The molecule has 0 fully saturated rings. The molecule has 16 heavy (non-hydrogen) atoms. The predicted molar refractivity (Wildman–Crippen MR) is 63.1 cm³/mol. The van der Waals surface area contributed by atoms with Crippen LogP contribution in [0.5, 0.6) is 5.75 Å². The highest BCUT2D eigenvalue weighted by Crippen LogP contribution is 2.21. The van der Waals surface area contributed by atoms with Crippen molar-refractivity contribution in [2.45, 2.75) is 0 Å². The molecule has 1 heterocycles. The summed E-state index contributed by atoms with van der Waals surface area (Å²) in [5.41, 5.74) is 5.48. The highest BCUT2D eigenvalue weighted by molar-refractivity contribution is 6.30. The molecule has 0 saturated carbocycles. The van der Waals surface area contributed by atoms with Crippen LogP contribution in [0.1, 0.15) is 0 Å². The number of benzene rings is 1. The SMILES string of the molecule is Nc1cc(Cl)cn(-c2ccccc2O)c1=O. The van der Waals surface area contributed by atoms with Crippen LogP contribution >= 0.6 is 11.6 Å². The number of rotatable bonds is 1. The van der Waals surface area contributed by atoms with Crippen LogP contribution in [-0.4, -0.2) is 9.67 Å². The van der Waals surface area contributed by atoms with Gasteiger partial charge in [0.05, 0.1) is 16.4 Å². The topological polar surface area (TPSA) is 68.2 Å². The Labute approximate surface area is 96.5 Å². The van der Waals surface area contributed by atoms with Crippen LogP contribution in [0.3, 0.4) is 0 Å². The first kappa shape index (κ1) is 10.6. The molecule has 5 heteroatoms. The summed E-state index contributed by atoms with van der Waals surface area (Å²) in [6, 6.07) is 7.84. The van der Waals surface area contributed by atoms with Gasteiger partial charge in [0.15, 0.2) is 0 Å². The van der Waals surface area contributed by atoms with Crippen molar-refractivity contribution in [3.05, 3.63) is 51.9 Å². The van der Waals surface area contributed by atoms with Crippen molar-refractivity contribution in [2.75, 3.05) is 5.73 Å². The molecule has 3 N–H and O–H groups in total. The number of aromatic hydroxyl groups is 1. The smallest absolute Gasteiger partial charge is 0.278 e. The normalized spacial score (nSPS) is 10.3. The van der Waals surface area contributed by atoms with E-state index in [0.717, 1.165) is 0 Å². The second-order valence-electron chi connectivity index (χ2n) is 3.28. The molecule has 0 unspecified atom stereocenters. The van der Waals surface area contributed by atoms with E-state index in [0.29, 0.717) is 10.7 Å². The van der Waals surface area contributed by atoms with E-state index in [4.69, 9.17) is 17.3 Å². The third kappa shape index (κ3) is 1.75. The minimum Gasteiger partial charge on any atom is -0.506 e. The number of hydrogen-bond acceptors (Lipinski definition) is 3. The monoisotopic (exact) mass is 236 g/mol. The van der Waals surface area contributed by atoms with Gasteiger partial charge in [-0.1, -0.05) is 23.7 Å². The lowest BCUT2D eigenvalue weighted by Crippen LogP contribution is -2.20. The van der Waals surface area contributed by atoms with Gasteiger partial charge in [0.25, 0.3) is 5.56 Å². The first-order valence-electron chi connectivity index (χ1n) is 4.55. The van der Waals surface area contributed by atoms with Crippen LogP contribution in [0, 0.1) is 0 Å². The van der Waals surface area contributed by atoms with Crippen molar-refractivity contribution in [1.29, 1.82) is 0 Å². The van der Waals surface area contributed by atoms with Crippen molar-refractivity contribution in [3.8, 4) is 11.4 Å². The Morgan fingerprint density at radius 1 is 1.31 bits per heavy atom. The zero-order valence-electron chi connectivity index (χ0n) is 8.22. The van der Waals surface area contributed by atoms with Gasteiger partial charge in [-0.3, -0.25) is 9.36 Å². The van der Waals surface area contributed by atoms with Crippen molar-refractivity contribution in [2.24, 2.45) is 0 Å². The summed E-state index contributed by atoms with van der Waals surface area (Å²) in [5.74, 6) is -0.00809. The van der Waals surface area contributed by atoms with E-state index in [2.05, 4.69) is 0 Å². The Bertz CT molecular complexity index is 593. The summed E-state index contributed by atoms with van der Waals surface area (Å²) >= 11 is 5.80. The Kier molecular flexibility index (Phi) is 2.58. The summed E-state index contributed by atoms with van der Waals surface area (Å²) in [6.07, 6.45) is 1.41. The number of halogens is 1. The number of pyridine rings is 1. The first-order chi connectivity index (χ1) is 7.59. The molecule has 0 aliphatic rings. The fourth-order valence-electron chi connectivity index (χ4n) is 1.42. The van der Waals surface area contributed by atoms with Gasteiger partial charge in [0, 0.05) is 6.20 Å². The minimum atomic E-state index is -0.411. The summed E-state index contributed by atoms with van der Waals surface area (Å²) in [4.78, 5) is 11.7. The number of nitrogen functional groups attached to an aromatic ring is 1. The number of nitrogens with two attached hydrogens (primary N) is 1. The Hall–Kier alpha value is -1.94.